The number of rotatable bonds is 4. The number of benzene rings is 4. The van der Waals surface area contributed by atoms with Gasteiger partial charge < -0.3 is 5.11 Å². The summed E-state index contributed by atoms with van der Waals surface area (Å²) in [5, 5.41) is 20.4. The molecule has 0 aromatic heterocycles. The predicted molar refractivity (Wildman–Crippen MR) is 113 cm³/mol. The summed E-state index contributed by atoms with van der Waals surface area (Å²) in [6.45, 7) is 0. The monoisotopic (exact) mass is 458 g/mol. The lowest BCUT2D eigenvalue weighted by molar-refractivity contribution is 0.467. The zero-order chi connectivity index (χ0) is 22.4. The van der Waals surface area contributed by atoms with E-state index in [0.717, 1.165) is 17.5 Å². The Balaban J connectivity index is 1.85. The lowest BCUT2D eigenvalue weighted by Gasteiger charge is -2.08. The van der Waals surface area contributed by atoms with Gasteiger partial charge in [0.25, 0.3) is 20.2 Å². The molecule has 0 aliphatic heterocycles. The molecule has 31 heavy (non-hydrogen) atoms. The first-order valence-electron chi connectivity index (χ1n) is 8.69. The number of nitrogens with zero attached hydrogens (tertiary/aromatic N) is 2. The molecule has 0 fully saturated rings. The van der Waals surface area contributed by atoms with Gasteiger partial charge in [0, 0.05) is 5.39 Å². The number of aromatic hydroxyl groups is 1. The molecule has 0 bridgehead atoms. The zero-order valence-electron chi connectivity index (χ0n) is 15.5. The Morgan fingerprint density at radius 2 is 1.26 bits per heavy atom. The smallest absolute Gasteiger partial charge is 0.295 e. The molecule has 0 heterocycles. The molecule has 0 spiro atoms. The Morgan fingerprint density at radius 1 is 0.645 bits per heavy atom. The van der Waals surface area contributed by atoms with E-state index >= 15 is 0 Å². The predicted octanol–water partition coefficient (Wildman–Crippen LogP) is 4.61. The van der Waals surface area contributed by atoms with Crippen LogP contribution in [0.25, 0.3) is 21.5 Å². The second kappa shape index (κ2) is 7.39. The molecule has 0 aliphatic rings. The van der Waals surface area contributed by atoms with Gasteiger partial charge in [-0.05, 0) is 46.5 Å². The van der Waals surface area contributed by atoms with Gasteiger partial charge >= 0.3 is 0 Å². The third-order valence-electron chi connectivity index (χ3n) is 4.59. The van der Waals surface area contributed by atoms with Gasteiger partial charge in [-0.2, -0.15) is 21.9 Å². The standard InChI is InChI=1S/C20H14N2O7S2/c23-17-8-6-12-3-1-2-4-16(12)20(17)22-21-15-7-5-13-10-18(30(24,25)26)19(31(27,28)29)11-14(13)9-15/h1-11,23H,(H,24,25,26)(H,27,28,29). The summed E-state index contributed by atoms with van der Waals surface area (Å²) in [6, 6.07) is 16.7. The maximum absolute atomic E-state index is 11.6. The van der Waals surface area contributed by atoms with Crippen LogP contribution in [0.5, 0.6) is 5.75 Å². The van der Waals surface area contributed by atoms with E-state index in [1.807, 2.05) is 12.1 Å². The molecule has 0 saturated heterocycles. The Kier molecular flexibility index (Phi) is 4.98. The van der Waals surface area contributed by atoms with Crippen molar-refractivity contribution in [2.24, 2.45) is 10.2 Å². The van der Waals surface area contributed by atoms with Gasteiger partial charge in [-0.1, -0.05) is 36.4 Å². The Hall–Kier alpha value is -3.38. The number of azo groups is 1. The van der Waals surface area contributed by atoms with Crippen molar-refractivity contribution in [1.29, 1.82) is 0 Å². The zero-order valence-corrected chi connectivity index (χ0v) is 17.2. The Bertz CT molecular complexity index is 1600. The minimum Gasteiger partial charge on any atom is -0.506 e. The highest BCUT2D eigenvalue weighted by Crippen LogP contribution is 2.36. The fourth-order valence-corrected chi connectivity index (χ4v) is 4.98. The molecule has 4 rings (SSSR count). The molecule has 0 saturated carbocycles. The second-order valence-electron chi connectivity index (χ2n) is 6.63. The Labute approximate surface area is 176 Å². The number of hydrogen-bond donors (Lipinski definition) is 3. The maximum atomic E-state index is 11.6. The number of hydrogen-bond acceptors (Lipinski definition) is 7. The Morgan fingerprint density at radius 3 is 1.94 bits per heavy atom. The van der Waals surface area contributed by atoms with Gasteiger partial charge in [0.05, 0.1) is 5.69 Å². The SMILES string of the molecule is O=S(=O)(O)c1cc2ccc(N=Nc3c(O)ccc4ccccc34)cc2cc1S(=O)(=O)O. The van der Waals surface area contributed by atoms with Crippen LogP contribution in [-0.4, -0.2) is 31.0 Å². The van der Waals surface area contributed by atoms with Crippen LogP contribution in [0.1, 0.15) is 0 Å². The first-order valence-corrected chi connectivity index (χ1v) is 11.6. The molecule has 0 atom stereocenters. The van der Waals surface area contributed by atoms with E-state index in [0.29, 0.717) is 5.39 Å². The summed E-state index contributed by atoms with van der Waals surface area (Å²) in [5.74, 6) is -0.0744. The number of fused-ring (bicyclic) bond motifs is 2. The molecule has 0 amide bonds. The van der Waals surface area contributed by atoms with Crippen molar-refractivity contribution >= 4 is 53.2 Å². The largest absolute Gasteiger partial charge is 0.506 e. The third kappa shape index (κ3) is 4.11. The van der Waals surface area contributed by atoms with Gasteiger partial charge in [-0.15, -0.1) is 5.11 Å². The summed E-state index contributed by atoms with van der Waals surface area (Å²) < 4.78 is 65.0. The van der Waals surface area contributed by atoms with Crippen LogP contribution in [0.2, 0.25) is 0 Å². The van der Waals surface area contributed by atoms with Crippen molar-refractivity contribution in [1.82, 2.24) is 0 Å². The quantitative estimate of drug-likeness (QED) is 0.298. The molecular formula is C20H14N2O7S2. The molecule has 4 aromatic rings. The molecule has 11 heteroatoms. The molecule has 9 nitrogen and oxygen atoms in total. The minimum atomic E-state index is -4.93. The first-order chi connectivity index (χ1) is 14.5. The van der Waals surface area contributed by atoms with Gasteiger partial charge in [-0.25, -0.2) is 0 Å². The topological polar surface area (TPSA) is 154 Å². The van der Waals surface area contributed by atoms with E-state index in [4.69, 9.17) is 0 Å². The van der Waals surface area contributed by atoms with Gasteiger partial charge in [0.2, 0.25) is 0 Å². The molecule has 0 radical (unpaired) electrons. The summed E-state index contributed by atoms with van der Waals surface area (Å²) in [6.07, 6.45) is 0. The third-order valence-corrected chi connectivity index (χ3v) is 6.50. The lowest BCUT2D eigenvalue weighted by atomic mass is 10.1. The van der Waals surface area contributed by atoms with Gasteiger partial charge in [0.1, 0.15) is 21.2 Å². The van der Waals surface area contributed by atoms with Crippen LogP contribution in [0.3, 0.4) is 0 Å². The van der Waals surface area contributed by atoms with Gasteiger partial charge in [0.15, 0.2) is 0 Å². The highest BCUT2D eigenvalue weighted by atomic mass is 32.2. The van der Waals surface area contributed by atoms with E-state index in [2.05, 4.69) is 10.2 Å². The van der Waals surface area contributed by atoms with Crippen LogP contribution >= 0.6 is 0 Å². The van der Waals surface area contributed by atoms with Crippen LogP contribution < -0.4 is 0 Å². The number of phenolic OH excluding ortho intramolecular Hbond substituents is 1. The van der Waals surface area contributed by atoms with E-state index < -0.39 is 30.0 Å². The van der Waals surface area contributed by atoms with E-state index in [1.165, 1.54) is 24.3 Å². The molecule has 4 aromatic carbocycles. The molecule has 158 valence electrons. The highest BCUT2D eigenvalue weighted by molar-refractivity contribution is 7.89. The molecule has 0 aliphatic carbocycles. The average molecular weight is 458 g/mol. The first kappa shape index (κ1) is 20.9. The van der Waals surface area contributed by atoms with Crippen molar-refractivity contribution in [3.63, 3.8) is 0 Å². The van der Waals surface area contributed by atoms with Crippen molar-refractivity contribution < 1.29 is 31.0 Å². The molecular weight excluding hydrogens is 444 g/mol. The molecule has 0 unspecified atom stereocenters. The normalized spacial score (nSPS) is 12.7. The summed E-state index contributed by atoms with van der Waals surface area (Å²) >= 11 is 0. The van der Waals surface area contributed by atoms with Crippen molar-refractivity contribution in [3.8, 4) is 5.75 Å². The van der Waals surface area contributed by atoms with Crippen molar-refractivity contribution in [3.05, 3.63) is 66.7 Å². The minimum absolute atomic E-state index is 0.0744. The summed E-state index contributed by atoms with van der Waals surface area (Å²) in [7, 11) is -9.83. The summed E-state index contributed by atoms with van der Waals surface area (Å²) in [5.41, 5.74) is 0.527. The van der Waals surface area contributed by atoms with E-state index in [-0.39, 0.29) is 27.9 Å². The van der Waals surface area contributed by atoms with Crippen LogP contribution in [0.4, 0.5) is 11.4 Å². The molecule has 3 N–H and O–H groups in total. The second-order valence-corrected chi connectivity index (χ2v) is 9.41. The van der Waals surface area contributed by atoms with Crippen LogP contribution in [0, 0.1) is 0 Å². The lowest BCUT2D eigenvalue weighted by Crippen LogP contribution is -2.08. The van der Waals surface area contributed by atoms with Crippen molar-refractivity contribution in [2.75, 3.05) is 0 Å². The number of phenols is 1. The van der Waals surface area contributed by atoms with Gasteiger partial charge in [-0.3, -0.25) is 9.11 Å². The van der Waals surface area contributed by atoms with E-state index in [1.54, 1.807) is 18.2 Å². The van der Waals surface area contributed by atoms with E-state index in [9.17, 15) is 31.0 Å². The van der Waals surface area contributed by atoms with Crippen LogP contribution in [-0.2, 0) is 20.2 Å². The fraction of sp³-hybridized carbons (Fsp3) is 0. The fourth-order valence-electron chi connectivity index (χ4n) is 3.17. The van der Waals surface area contributed by atoms with Crippen molar-refractivity contribution in [2.45, 2.75) is 9.79 Å². The maximum Gasteiger partial charge on any atom is 0.295 e. The summed E-state index contributed by atoms with van der Waals surface area (Å²) in [4.78, 5) is -1.89. The highest BCUT2D eigenvalue weighted by Gasteiger charge is 2.24. The average Bonchev–Trinajstić information content (AvgIpc) is 2.70. The van der Waals surface area contributed by atoms with Crippen LogP contribution in [0.15, 0.2) is 86.7 Å².